The molecule has 2 nitrogen and oxygen atoms in total. The number of benzene rings is 21. The highest BCUT2D eigenvalue weighted by molar-refractivity contribution is 6.28. The fourth-order valence-corrected chi connectivity index (χ4v) is 17.8. The van der Waals surface area contributed by atoms with Gasteiger partial charge in [-0.1, -0.05) is 303 Å². The number of hydrogen-bond acceptors (Lipinski definition) is 2. The molecule has 0 fully saturated rings. The summed E-state index contributed by atoms with van der Waals surface area (Å²) in [5.74, 6) is 0. The van der Waals surface area contributed by atoms with Gasteiger partial charge < -0.3 is 8.83 Å². The van der Waals surface area contributed by atoms with Gasteiger partial charge in [-0.3, -0.25) is 0 Å². The molecule has 2 heterocycles. The van der Waals surface area contributed by atoms with Crippen molar-refractivity contribution in [2.24, 2.45) is 0 Å². The van der Waals surface area contributed by atoms with E-state index < -0.39 is 0 Å². The third-order valence-corrected chi connectivity index (χ3v) is 22.6. The van der Waals surface area contributed by atoms with Crippen LogP contribution in [0.5, 0.6) is 0 Å². The molecular formula is C104H62O2. The molecule has 23 rings (SSSR count). The summed E-state index contributed by atoms with van der Waals surface area (Å²) in [6.07, 6.45) is 0. The van der Waals surface area contributed by atoms with E-state index >= 15 is 0 Å². The van der Waals surface area contributed by atoms with Crippen molar-refractivity contribution in [3.8, 4) is 66.8 Å². The van der Waals surface area contributed by atoms with Crippen LogP contribution in [0.15, 0.2) is 385 Å². The van der Waals surface area contributed by atoms with Gasteiger partial charge in [-0.25, -0.2) is 0 Å². The van der Waals surface area contributed by atoms with Crippen LogP contribution in [0.1, 0.15) is 0 Å². The third-order valence-electron chi connectivity index (χ3n) is 22.6. The molecule has 106 heavy (non-hydrogen) atoms. The second-order valence-electron chi connectivity index (χ2n) is 28.4. The molecule has 0 unspecified atom stereocenters. The minimum atomic E-state index is 0.908. The Labute approximate surface area is 610 Å². The Hall–Kier alpha value is -13.9. The molecule has 2 aromatic heterocycles. The van der Waals surface area contributed by atoms with Gasteiger partial charge in [-0.2, -0.15) is 0 Å². The minimum absolute atomic E-state index is 0.908. The second-order valence-corrected chi connectivity index (χ2v) is 28.4. The quantitative estimate of drug-likeness (QED) is 0.123. The number of rotatable bonds is 6. The molecule has 0 saturated carbocycles. The summed E-state index contributed by atoms with van der Waals surface area (Å²) in [5.41, 5.74) is 18.4. The molecule has 0 aliphatic heterocycles. The maximum Gasteiger partial charge on any atom is 0.136 e. The number of fused-ring (bicyclic) bond motifs is 21. The predicted octanol–water partition coefficient (Wildman–Crippen LogP) is 29.9. The first kappa shape index (κ1) is 59.7. The third kappa shape index (κ3) is 9.45. The maximum absolute atomic E-state index is 6.41. The molecule has 2 heteroatoms. The first-order valence-corrected chi connectivity index (χ1v) is 36.6. The second kappa shape index (κ2) is 23.8. The van der Waals surface area contributed by atoms with Gasteiger partial charge in [0.2, 0.25) is 0 Å². The fraction of sp³-hybridized carbons (Fsp3) is 0. The SMILES string of the molecule is c1cc(-c2c3ccccc3c(-c3ccc4oc5cc6ccccc6cc5c4c3)c3ccccc23)cc(-c2cc3ccccc3c3ccccc23)c1.c1cc(-c2ccc3c4ccccc4c4ccccc4c3c2)cc(-c2c3ccccc3c(-c3ccc4oc5cc6ccccc6cc5c4c3)c3ccccc23)c1. The molecule has 0 spiro atoms. The zero-order chi connectivity index (χ0) is 69.5. The highest BCUT2D eigenvalue weighted by Gasteiger charge is 2.23. The number of furan rings is 2. The Morgan fingerprint density at radius 2 is 0.396 bits per heavy atom. The van der Waals surface area contributed by atoms with Crippen molar-refractivity contribution >= 4 is 162 Å². The van der Waals surface area contributed by atoms with Crippen molar-refractivity contribution < 1.29 is 8.83 Å². The summed E-state index contributed by atoms with van der Waals surface area (Å²) in [7, 11) is 0. The highest BCUT2D eigenvalue weighted by atomic mass is 16.3. The van der Waals surface area contributed by atoms with Crippen LogP contribution in [0, 0.1) is 0 Å². The van der Waals surface area contributed by atoms with Crippen molar-refractivity contribution in [1.82, 2.24) is 0 Å². The zero-order valence-electron chi connectivity index (χ0n) is 57.6. The van der Waals surface area contributed by atoms with E-state index in [0.717, 1.165) is 43.9 Å². The maximum atomic E-state index is 6.41. The molecule has 0 N–H and O–H groups in total. The van der Waals surface area contributed by atoms with Gasteiger partial charge in [0.1, 0.15) is 22.3 Å². The van der Waals surface area contributed by atoms with Crippen molar-refractivity contribution in [2.75, 3.05) is 0 Å². The lowest BCUT2D eigenvalue weighted by Crippen LogP contribution is -1.91. The van der Waals surface area contributed by atoms with Crippen LogP contribution >= 0.6 is 0 Å². The Bertz CT molecular complexity index is 7500. The summed E-state index contributed by atoms with van der Waals surface area (Å²) in [5, 5.41) is 32.2. The highest BCUT2D eigenvalue weighted by Crippen LogP contribution is 2.50. The molecule has 0 aliphatic carbocycles. The van der Waals surface area contributed by atoms with Gasteiger partial charge in [-0.15, -0.1) is 0 Å². The summed E-state index contributed by atoms with van der Waals surface area (Å²) in [6.45, 7) is 0. The van der Waals surface area contributed by atoms with E-state index in [9.17, 15) is 0 Å². The summed E-state index contributed by atoms with van der Waals surface area (Å²) < 4.78 is 12.8. The molecule has 0 atom stereocenters. The number of hydrogen-bond donors (Lipinski definition) is 0. The van der Waals surface area contributed by atoms with Crippen LogP contribution in [0.4, 0.5) is 0 Å². The largest absolute Gasteiger partial charge is 0.456 e. The summed E-state index contributed by atoms with van der Waals surface area (Å²) in [6, 6.07) is 138. The molecule has 0 saturated heterocycles. The van der Waals surface area contributed by atoms with Gasteiger partial charge in [0, 0.05) is 21.5 Å². The average molecular weight is 1340 g/mol. The molecule has 490 valence electrons. The van der Waals surface area contributed by atoms with E-state index in [1.807, 2.05) is 0 Å². The molecule has 21 aromatic carbocycles. The normalized spacial score (nSPS) is 12.0. The van der Waals surface area contributed by atoms with E-state index in [1.165, 1.54) is 185 Å². The molecule has 23 aromatic rings. The first-order chi connectivity index (χ1) is 52.5. The lowest BCUT2D eigenvalue weighted by molar-refractivity contribution is 0.669. The van der Waals surface area contributed by atoms with Crippen LogP contribution in [-0.2, 0) is 0 Å². The van der Waals surface area contributed by atoms with E-state index in [-0.39, 0.29) is 0 Å². The van der Waals surface area contributed by atoms with Crippen LogP contribution < -0.4 is 0 Å². The Kier molecular flexibility index (Phi) is 13.4. The van der Waals surface area contributed by atoms with E-state index in [0.29, 0.717) is 0 Å². The topological polar surface area (TPSA) is 26.3 Å². The van der Waals surface area contributed by atoms with Gasteiger partial charge in [0.05, 0.1) is 0 Å². The standard InChI is InChI=1S/C54H32O.C50H30O/c1-2-13-35-32-52-50(30-34(35)12-1)49-31-38(25-27-51(49)55-52)54-46-22-9-7-20-44(46)53(45-21-8-10-23-47(45)54)37-15-11-14-33(28-37)36-24-26-43-41-18-4-3-16-39(41)40-17-5-6-19-42(40)48(43)29-36;1-2-13-32-30-48-46(27-31(32)12-1)45-29-36(24-25-47(45)51-48)50-42-22-9-7-20-40(42)49(41-21-8-10-23-43(41)50)35-16-11-15-33(26-35)44-28-34-14-3-4-17-37(34)38-18-5-6-19-39(38)44/h1-32H;1-30H. The van der Waals surface area contributed by atoms with Crippen LogP contribution in [0.2, 0.25) is 0 Å². The smallest absolute Gasteiger partial charge is 0.136 e. The summed E-state index contributed by atoms with van der Waals surface area (Å²) in [4.78, 5) is 0. The van der Waals surface area contributed by atoms with Crippen LogP contribution in [0.3, 0.4) is 0 Å². The lowest BCUT2D eigenvalue weighted by Gasteiger charge is -2.18. The van der Waals surface area contributed by atoms with Crippen molar-refractivity contribution in [3.05, 3.63) is 376 Å². The monoisotopic (exact) mass is 1340 g/mol. The zero-order valence-corrected chi connectivity index (χ0v) is 57.6. The van der Waals surface area contributed by atoms with Crippen molar-refractivity contribution in [1.29, 1.82) is 0 Å². The van der Waals surface area contributed by atoms with Gasteiger partial charge in [0.25, 0.3) is 0 Å². The first-order valence-electron chi connectivity index (χ1n) is 36.6. The van der Waals surface area contributed by atoms with E-state index in [1.54, 1.807) is 0 Å². The molecule has 0 radical (unpaired) electrons. The van der Waals surface area contributed by atoms with E-state index in [2.05, 4.69) is 376 Å². The average Bonchev–Trinajstić information content (AvgIpc) is 0.858. The summed E-state index contributed by atoms with van der Waals surface area (Å²) >= 11 is 0. The van der Waals surface area contributed by atoms with Crippen molar-refractivity contribution in [3.63, 3.8) is 0 Å². The van der Waals surface area contributed by atoms with E-state index in [4.69, 9.17) is 8.83 Å². The van der Waals surface area contributed by atoms with Gasteiger partial charge >= 0.3 is 0 Å². The van der Waals surface area contributed by atoms with Gasteiger partial charge in [-0.05, 0) is 258 Å². The Balaban J connectivity index is 0.000000133. The molecule has 0 amide bonds. The lowest BCUT2D eigenvalue weighted by atomic mass is 9.85. The van der Waals surface area contributed by atoms with Crippen LogP contribution in [-0.4, -0.2) is 0 Å². The van der Waals surface area contributed by atoms with Crippen LogP contribution in [0.25, 0.3) is 229 Å². The minimum Gasteiger partial charge on any atom is -0.456 e. The predicted molar refractivity (Wildman–Crippen MR) is 453 cm³/mol. The molecule has 0 aliphatic rings. The Morgan fingerprint density at radius 3 is 0.830 bits per heavy atom. The molecule has 0 bridgehead atoms. The van der Waals surface area contributed by atoms with Crippen molar-refractivity contribution in [2.45, 2.75) is 0 Å². The van der Waals surface area contributed by atoms with Gasteiger partial charge in [0.15, 0.2) is 0 Å². The fourth-order valence-electron chi connectivity index (χ4n) is 17.8. The molecular weight excluding hydrogens is 1280 g/mol. The Morgan fingerprint density at radius 1 is 0.123 bits per heavy atom.